The van der Waals surface area contributed by atoms with Crippen molar-refractivity contribution in [2.45, 2.75) is 12.5 Å². The summed E-state index contributed by atoms with van der Waals surface area (Å²) >= 11 is 1.43. The number of amides is 1. The fourth-order valence-corrected chi connectivity index (χ4v) is 4.40. The SMILES string of the molecule is CN(C)CC(NC(=O)c1sccc1Cc1ccnc2[nH]ccc12)c1ccc(F)cc1. The largest absolute Gasteiger partial charge is 0.346 e. The fourth-order valence-electron chi connectivity index (χ4n) is 3.57. The maximum atomic E-state index is 13.3. The van der Waals surface area contributed by atoms with Crippen LogP contribution in [0.3, 0.4) is 0 Å². The first-order chi connectivity index (χ1) is 14.5. The normalized spacial score (nSPS) is 12.4. The summed E-state index contributed by atoms with van der Waals surface area (Å²) in [6.07, 6.45) is 4.30. The molecule has 0 bridgehead atoms. The van der Waals surface area contributed by atoms with Crippen LogP contribution in [-0.4, -0.2) is 41.4 Å². The molecule has 1 amide bonds. The highest BCUT2D eigenvalue weighted by Crippen LogP contribution is 2.25. The summed E-state index contributed by atoms with van der Waals surface area (Å²) in [5, 5.41) is 6.14. The number of nitrogens with one attached hydrogen (secondary N) is 2. The second-order valence-corrected chi connectivity index (χ2v) is 8.42. The molecule has 0 aliphatic heterocycles. The molecule has 1 aromatic carbocycles. The molecule has 0 radical (unpaired) electrons. The molecule has 7 heteroatoms. The van der Waals surface area contributed by atoms with Crippen molar-refractivity contribution in [2.75, 3.05) is 20.6 Å². The molecule has 0 spiro atoms. The van der Waals surface area contributed by atoms with Gasteiger partial charge in [0.05, 0.1) is 10.9 Å². The number of carbonyl (C=O) groups excluding carboxylic acids is 1. The van der Waals surface area contributed by atoms with Crippen LogP contribution in [0.2, 0.25) is 0 Å². The van der Waals surface area contributed by atoms with Gasteiger partial charge in [-0.3, -0.25) is 4.79 Å². The third-order valence-corrected chi connectivity index (χ3v) is 5.97. The number of aromatic amines is 1. The molecule has 30 heavy (non-hydrogen) atoms. The van der Waals surface area contributed by atoms with E-state index in [1.165, 1.54) is 23.5 Å². The first-order valence-electron chi connectivity index (χ1n) is 9.69. The Hall–Kier alpha value is -3.03. The Morgan fingerprint density at radius 3 is 2.73 bits per heavy atom. The van der Waals surface area contributed by atoms with Crippen LogP contribution < -0.4 is 5.32 Å². The van der Waals surface area contributed by atoms with Gasteiger partial charge in [-0.05, 0) is 72.9 Å². The quantitative estimate of drug-likeness (QED) is 0.464. The number of nitrogens with zero attached hydrogens (tertiary/aromatic N) is 2. The number of halogens is 1. The number of benzene rings is 1. The van der Waals surface area contributed by atoms with Crippen molar-refractivity contribution in [1.82, 2.24) is 20.2 Å². The Kier molecular flexibility index (Phi) is 5.92. The average Bonchev–Trinajstić information content (AvgIpc) is 3.37. The van der Waals surface area contributed by atoms with E-state index in [2.05, 4.69) is 15.3 Å². The number of hydrogen-bond donors (Lipinski definition) is 2. The van der Waals surface area contributed by atoms with Gasteiger partial charge < -0.3 is 15.2 Å². The standard InChI is InChI=1S/C23H23FN4OS/c1-28(2)14-20(15-3-5-18(24)6-4-15)27-23(29)21-17(9-12-30-21)13-16-7-10-25-22-19(16)8-11-26-22/h3-12,20H,13-14H2,1-2H3,(H,25,26)(H,27,29). The maximum Gasteiger partial charge on any atom is 0.262 e. The maximum absolute atomic E-state index is 13.3. The number of fused-ring (bicyclic) bond motifs is 1. The van der Waals surface area contributed by atoms with Gasteiger partial charge in [0.25, 0.3) is 5.91 Å². The van der Waals surface area contributed by atoms with Gasteiger partial charge in [0.1, 0.15) is 11.5 Å². The lowest BCUT2D eigenvalue weighted by Gasteiger charge is -2.23. The summed E-state index contributed by atoms with van der Waals surface area (Å²) in [4.78, 5) is 23.3. The van der Waals surface area contributed by atoms with Gasteiger partial charge in [-0.25, -0.2) is 9.37 Å². The fraction of sp³-hybridized carbons (Fsp3) is 0.217. The van der Waals surface area contributed by atoms with E-state index in [-0.39, 0.29) is 17.8 Å². The van der Waals surface area contributed by atoms with E-state index in [1.807, 2.05) is 48.8 Å². The average molecular weight is 423 g/mol. The lowest BCUT2D eigenvalue weighted by atomic mass is 10.0. The predicted octanol–water partition coefficient (Wildman–Crippen LogP) is 4.39. The van der Waals surface area contributed by atoms with E-state index in [0.717, 1.165) is 27.7 Å². The molecule has 1 atom stereocenters. The Morgan fingerprint density at radius 2 is 1.97 bits per heavy atom. The van der Waals surface area contributed by atoms with E-state index in [0.29, 0.717) is 17.8 Å². The zero-order valence-electron chi connectivity index (χ0n) is 16.9. The number of hydrogen-bond acceptors (Lipinski definition) is 4. The Bertz CT molecular complexity index is 1150. The molecule has 5 nitrogen and oxygen atoms in total. The van der Waals surface area contributed by atoms with E-state index < -0.39 is 0 Å². The molecule has 0 fully saturated rings. The van der Waals surface area contributed by atoms with Crippen molar-refractivity contribution < 1.29 is 9.18 Å². The van der Waals surface area contributed by atoms with Gasteiger partial charge in [0.15, 0.2) is 0 Å². The number of likely N-dealkylation sites (N-methyl/N-ethyl adjacent to an activating group) is 1. The minimum absolute atomic E-state index is 0.115. The monoisotopic (exact) mass is 422 g/mol. The first kappa shape index (κ1) is 20.3. The highest BCUT2D eigenvalue weighted by Gasteiger charge is 2.20. The number of thiophene rings is 1. The van der Waals surface area contributed by atoms with Crippen LogP contribution in [0.5, 0.6) is 0 Å². The van der Waals surface area contributed by atoms with Gasteiger partial charge >= 0.3 is 0 Å². The molecule has 0 aliphatic rings. The van der Waals surface area contributed by atoms with E-state index in [9.17, 15) is 9.18 Å². The Balaban J connectivity index is 1.56. The molecular formula is C23H23FN4OS. The smallest absolute Gasteiger partial charge is 0.262 e. The Morgan fingerprint density at radius 1 is 1.17 bits per heavy atom. The highest BCUT2D eigenvalue weighted by atomic mass is 32.1. The number of aromatic nitrogens is 2. The zero-order valence-corrected chi connectivity index (χ0v) is 17.7. The van der Waals surface area contributed by atoms with Crippen LogP contribution >= 0.6 is 11.3 Å². The van der Waals surface area contributed by atoms with E-state index in [4.69, 9.17) is 0 Å². The van der Waals surface area contributed by atoms with Gasteiger partial charge in [0.2, 0.25) is 0 Å². The topological polar surface area (TPSA) is 61.0 Å². The van der Waals surface area contributed by atoms with Crippen LogP contribution in [0.1, 0.15) is 32.4 Å². The molecule has 154 valence electrons. The molecule has 2 N–H and O–H groups in total. The number of H-pyrrole nitrogens is 1. The van der Waals surface area contributed by atoms with Crippen LogP contribution in [0, 0.1) is 5.82 Å². The first-order valence-corrected chi connectivity index (χ1v) is 10.6. The summed E-state index contributed by atoms with van der Waals surface area (Å²) in [7, 11) is 3.90. The molecule has 4 rings (SSSR count). The van der Waals surface area contributed by atoms with Crippen LogP contribution in [0.15, 0.2) is 60.2 Å². The summed E-state index contributed by atoms with van der Waals surface area (Å²) in [6, 6.07) is 12.0. The van der Waals surface area contributed by atoms with Crippen LogP contribution in [0.25, 0.3) is 11.0 Å². The van der Waals surface area contributed by atoms with Crippen molar-refractivity contribution >= 4 is 28.3 Å². The lowest BCUT2D eigenvalue weighted by Crippen LogP contribution is -2.35. The summed E-state index contributed by atoms with van der Waals surface area (Å²) in [5.74, 6) is -0.404. The van der Waals surface area contributed by atoms with Crippen LogP contribution in [-0.2, 0) is 6.42 Å². The second-order valence-electron chi connectivity index (χ2n) is 7.50. The van der Waals surface area contributed by atoms with Gasteiger partial charge in [-0.2, -0.15) is 0 Å². The molecule has 4 aromatic rings. The summed E-state index contributed by atoms with van der Waals surface area (Å²) in [5.41, 5.74) is 3.82. The van der Waals surface area contributed by atoms with Crippen molar-refractivity contribution in [2.24, 2.45) is 0 Å². The predicted molar refractivity (Wildman–Crippen MR) is 118 cm³/mol. The van der Waals surface area contributed by atoms with Gasteiger partial charge in [-0.15, -0.1) is 11.3 Å². The second kappa shape index (κ2) is 8.77. The van der Waals surface area contributed by atoms with E-state index >= 15 is 0 Å². The highest BCUT2D eigenvalue weighted by molar-refractivity contribution is 7.12. The number of carbonyl (C=O) groups is 1. The van der Waals surface area contributed by atoms with Crippen LogP contribution in [0.4, 0.5) is 4.39 Å². The van der Waals surface area contributed by atoms with Crippen molar-refractivity contribution in [1.29, 1.82) is 0 Å². The molecular weight excluding hydrogens is 399 g/mol. The van der Waals surface area contributed by atoms with Crippen molar-refractivity contribution in [3.05, 3.63) is 87.6 Å². The third-order valence-electron chi connectivity index (χ3n) is 5.01. The van der Waals surface area contributed by atoms with Crippen molar-refractivity contribution in [3.8, 4) is 0 Å². The van der Waals surface area contributed by atoms with Gasteiger partial charge in [-0.1, -0.05) is 12.1 Å². The van der Waals surface area contributed by atoms with Gasteiger partial charge in [0, 0.05) is 24.3 Å². The van der Waals surface area contributed by atoms with Crippen molar-refractivity contribution in [3.63, 3.8) is 0 Å². The summed E-state index contributed by atoms with van der Waals surface area (Å²) < 4.78 is 13.3. The molecule has 0 saturated heterocycles. The molecule has 3 heterocycles. The molecule has 0 aliphatic carbocycles. The summed E-state index contributed by atoms with van der Waals surface area (Å²) in [6.45, 7) is 0.617. The minimum atomic E-state index is -0.289. The zero-order chi connectivity index (χ0) is 21.1. The third kappa shape index (κ3) is 4.42. The number of rotatable bonds is 7. The molecule has 1 unspecified atom stereocenters. The minimum Gasteiger partial charge on any atom is -0.346 e. The lowest BCUT2D eigenvalue weighted by molar-refractivity contribution is 0.0933. The van der Waals surface area contributed by atoms with E-state index in [1.54, 1.807) is 18.3 Å². The molecule has 3 aromatic heterocycles. The molecule has 0 saturated carbocycles. The Labute approximate surface area is 178 Å². The number of pyridine rings is 1.